The van der Waals surface area contributed by atoms with Gasteiger partial charge in [-0.05, 0) is 40.7 Å². The molecule has 0 spiro atoms. The third-order valence-electron chi connectivity index (χ3n) is 3.92. The van der Waals surface area contributed by atoms with Gasteiger partial charge in [0.1, 0.15) is 0 Å². The Morgan fingerprint density at radius 1 is 1.11 bits per heavy atom. The second-order valence-electron chi connectivity index (χ2n) is 5.09. The van der Waals surface area contributed by atoms with Crippen molar-refractivity contribution in [3.8, 4) is 11.1 Å². The standard InChI is InChI=1S/C17H19NO/c1-19-10-4-6-12-8-9-15-14-7-3-2-5-13(14)11-16(15)17(12)18/h2-3,5,7-9H,4,6,10-11,18H2,1H3. The van der Waals surface area contributed by atoms with E-state index in [4.69, 9.17) is 10.5 Å². The third kappa shape index (κ3) is 2.13. The molecule has 0 saturated carbocycles. The average molecular weight is 253 g/mol. The van der Waals surface area contributed by atoms with E-state index in [2.05, 4.69) is 36.4 Å². The van der Waals surface area contributed by atoms with Gasteiger partial charge in [-0.1, -0.05) is 36.4 Å². The molecule has 1 aliphatic rings. The Balaban J connectivity index is 1.93. The first-order valence-electron chi connectivity index (χ1n) is 6.78. The molecule has 0 amide bonds. The van der Waals surface area contributed by atoms with Crippen LogP contribution >= 0.6 is 0 Å². The molecule has 2 N–H and O–H groups in total. The lowest BCUT2D eigenvalue weighted by atomic mass is 9.98. The van der Waals surface area contributed by atoms with E-state index in [1.807, 2.05) is 0 Å². The maximum Gasteiger partial charge on any atom is 0.0465 e. The number of aryl methyl sites for hydroxylation is 1. The highest BCUT2D eigenvalue weighted by Crippen LogP contribution is 2.40. The molecule has 2 aromatic carbocycles. The van der Waals surface area contributed by atoms with Crippen molar-refractivity contribution >= 4 is 5.69 Å². The monoisotopic (exact) mass is 253 g/mol. The SMILES string of the molecule is COCCCc1ccc2c(c1N)Cc1ccccc1-2. The zero-order valence-electron chi connectivity index (χ0n) is 11.3. The summed E-state index contributed by atoms with van der Waals surface area (Å²) in [4.78, 5) is 0. The molecule has 3 rings (SSSR count). The number of rotatable bonds is 4. The first-order chi connectivity index (χ1) is 9.31. The third-order valence-corrected chi connectivity index (χ3v) is 3.92. The van der Waals surface area contributed by atoms with Crippen molar-refractivity contribution in [3.63, 3.8) is 0 Å². The maximum absolute atomic E-state index is 6.36. The number of hydrogen-bond acceptors (Lipinski definition) is 2. The largest absolute Gasteiger partial charge is 0.398 e. The highest BCUT2D eigenvalue weighted by atomic mass is 16.5. The first kappa shape index (κ1) is 12.2. The van der Waals surface area contributed by atoms with Crippen LogP contribution in [0.15, 0.2) is 36.4 Å². The van der Waals surface area contributed by atoms with E-state index < -0.39 is 0 Å². The van der Waals surface area contributed by atoms with Crippen LogP contribution < -0.4 is 5.73 Å². The van der Waals surface area contributed by atoms with E-state index in [1.165, 1.54) is 27.8 Å². The molecular formula is C17H19NO. The number of fused-ring (bicyclic) bond motifs is 3. The quantitative estimate of drug-likeness (QED) is 0.571. The van der Waals surface area contributed by atoms with Crippen LogP contribution in [0.1, 0.15) is 23.1 Å². The van der Waals surface area contributed by atoms with Gasteiger partial charge >= 0.3 is 0 Å². The van der Waals surface area contributed by atoms with Crippen molar-refractivity contribution in [3.05, 3.63) is 53.1 Å². The first-order valence-corrected chi connectivity index (χ1v) is 6.78. The Bertz CT molecular complexity index is 604. The summed E-state index contributed by atoms with van der Waals surface area (Å²) in [6.45, 7) is 0.788. The topological polar surface area (TPSA) is 35.2 Å². The fourth-order valence-corrected chi connectivity index (χ4v) is 2.91. The van der Waals surface area contributed by atoms with Crippen molar-refractivity contribution in [2.45, 2.75) is 19.3 Å². The number of nitrogens with two attached hydrogens (primary N) is 1. The van der Waals surface area contributed by atoms with Crippen LogP contribution in [0.3, 0.4) is 0 Å². The summed E-state index contributed by atoms with van der Waals surface area (Å²) in [7, 11) is 1.74. The maximum atomic E-state index is 6.36. The molecule has 0 aromatic heterocycles. The molecule has 0 aliphatic heterocycles. The Hall–Kier alpha value is -1.80. The van der Waals surface area contributed by atoms with Gasteiger partial charge in [0.15, 0.2) is 0 Å². The molecule has 2 aromatic rings. The highest BCUT2D eigenvalue weighted by Gasteiger charge is 2.21. The minimum atomic E-state index is 0.788. The minimum Gasteiger partial charge on any atom is -0.398 e. The van der Waals surface area contributed by atoms with Gasteiger partial charge in [0, 0.05) is 25.8 Å². The second kappa shape index (κ2) is 5.06. The van der Waals surface area contributed by atoms with Crippen molar-refractivity contribution in [2.75, 3.05) is 19.5 Å². The van der Waals surface area contributed by atoms with Gasteiger partial charge in [0.2, 0.25) is 0 Å². The van der Waals surface area contributed by atoms with E-state index in [0.717, 1.165) is 31.6 Å². The van der Waals surface area contributed by atoms with Crippen LogP contribution in [0.5, 0.6) is 0 Å². The molecule has 2 heteroatoms. The van der Waals surface area contributed by atoms with Crippen molar-refractivity contribution < 1.29 is 4.74 Å². The van der Waals surface area contributed by atoms with E-state index in [9.17, 15) is 0 Å². The summed E-state index contributed by atoms with van der Waals surface area (Å²) in [5.41, 5.74) is 13.9. The second-order valence-corrected chi connectivity index (χ2v) is 5.09. The zero-order valence-corrected chi connectivity index (χ0v) is 11.3. The molecule has 98 valence electrons. The number of methoxy groups -OCH3 is 1. The van der Waals surface area contributed by atoms with Crippen molar-refractivity contribution in [1.82, 2.24) is 0 Å². The van der Waals surface area contributed by atoms with Gasteiger partial charge in [-0.3, -0.25) is 0 Å². The summed E-state index contributed by atoms with van der Waals surface area (Å²) < 4.78 is 5.11. The van der Waals surface area contributed by atoms with Crippen LogP contribution in [0, 0.1) is 0 Å². The number of benzene rings is 2. The lowest BCUT2D eigenvalue weighted by molar-refractivity contribution is 0.195. The summed E-state index contributed by atoms with van der Waals surface area (Å²) in [5, 5.41) is 0. The van der Waals surface area contributed by atoms with E-state index in [0.29, 0.717) is 0 Å². The Morgan fingerprint density at radius 2 is 1.95 bits per heavy atom. The van der Waals surface area contributed by atoms with Crippen LogP contribution in [-0.2, 0) is 17.6 Å². The lowest BCUT2D eigenvalue weighted by Crippen LogP contribution is -2.01. The van der Waals surface area contributed by atoms with Gasteiger partial charge < -0.3 is 10.5 Å². The Labute approximate surface area is 114 Å². The van der Waals surface area contributed by atoms with Crippen LogP contribution in [-0.4, -0.2) is 13.7 Å². The fraction of sp³-hybridized carbons (Fsp3) is 0.294. The lowest BCUT2D eigenvalue weighted by Gasteiger charge is -2.10. The smallest absolute Gasteiger partial charge is 0.0465 e. The number of hydrogen-bond donors (Lipinski definition) is 1. The van der Waals surface area contributed by atoms with Crippen LogP contribution in [0.2, 0.25) is 0 Å². The van der Waals surface area contributed by atoms with Gasteiger partial charge in [0.25, 0.3) is 0 Å². The Kier molecular flexibility index (Phi) is 3.26. The summed E-state index contributed by atoms with van der Waals surface area (Å²) in [6, 6.07) is 13.0. The molecule has 0 radical (unpaired) electrons. The predicted octanol–water partition coefficient (Wildman–Crippen LogP) is 3.42. The van der Waals surface area contributed by atoms with Crippen molar-refractivity contribution in [2.24, 2.45) is 0 Å². The minimum absolute atomic E-state index is 0.788. The zero-order chi connectivity index (χ0) is 13.2. The molecule has 2 nitrogen and oxygen atoms in total. The summed E-state index contributed by atoms with van der Waals surface area (Å²) in [5.74, 6) is 0. The predicted molar refractivity (Wildman–Crippen MR) is 79.3 cm³/mol. The van der Waals surface area contributed by atoms with E-state index in [1.54, 1.807) is 7.11 Å². The van der Waals surface area contributed by atoms with Crippen LogP contribution in [0.4, 0.5) is 5.69 Å². The van der Waals surface area contributed by atoms with E-state index in [-0.39, 0.29) is 0 Å². The molecule has 1 aliphatic carbocycles. The molecule has 0 unspecified atom stereocenters. The molecule has 0 saturated heterocycles. The van der Waals surface area contributed by atoms with Gasteiger partial charge in [-0.25, -0.2) is 0 Å². The molecule has 19 heavy (non-hydrogen) atoms. The molecule has 0 bridgehead atoms. The number of anilines is 1. The van der Waals surface area contributed by atoms with Crippen LogP contribution in [0.25, 0.3) is 11.1 Å². The van der Waals surface area contributed by atoms with Crippen molar-refractivity contribution in [1.29, 1.82) is 0 Å². The van der Waals surface area contributed by atoms with Gasteiger partial charge in [-0.2, -0.15) is 0 Å². The fourth-order valence-electron chi connectivity index (χ4n) is 2.91. The number of nitrogen functional groups attached to an aromatic ring is 1. The van der Waals surface area contributed by atoms with Gasteiger partial charge in [-0.15, -0.1) is 0 Å². The van der Waals surface area contributed by atoms with E-state index >= 15 is 0 Å². The number of ether oxygens (including phenoxy) is 1. The normalized spacial score (nSPS) is 12.3. The summed E-state index contributed by atoms with van der Waals surface area (Å²) in [6.07, 6.45) is 2.98. The summed E-state index contributed by atoms with van der Waals surface area (Å²) >= 11 is 0. The Morgan fingerprint density at radius 3 is 2.79 bits per heavy atom. The average Bonchev–Trinajstić information content (AvgIpc) is 2.81. The molecule has 0 heterocycles. The molecule has 0 atom stereocenters. The van der Waals surface area contributed by atoms with Gasteiger partial charge in [0.05, 0.1) is 0 Å². The highest BCUT2D eigenvalue weighted by molar-refractivity contribution is 5.82. The molecular weight excluding hydrogens is 234 g/mol. The molecule has 0 fully saturated rings.